The Hall–Kier alpha value is -6.37. The molecule has 2 aromatic carbocycles. The van der Waals surface area contributed by atoms with Gasteiger partial charge in [0.15, 0.2) is 11.6 Å². The van der Waals surface area contributed by atoms with Gasteiger partial charge in [-0.2, -0.15) is 0 Å². The predicted octanol–water partition coefficient (Wildman–Crippen LogP) is 9.58. The van der Waals surface area contributed by atoms with Crippen LogP contribution in [0.5, 0.6) is 0 Å². The Morgan fingerprint density at radius 3 is 1.87 bits per heavy atom. The van der Waals surface area contributed by atoms with Crippen LogP contribution in [0.3, 0.4) is 0 Å². The molecule has 5 rings (SSSR count). The van der Waals surface area contributed by atoms with Gasteiger partial charge in [0.1, 0.15) is 23.7 Å². The van der Waals surface area contributed by atoms with Crippen LogP contribution in [0, 0.1) is 10.8 Å². The van der Waals surface area contributed by atoms with Gasteiger partial charge in [0.05, 0.1) is 50.7 Å². The molecule has 20 nitrogen and oxygen atoms in total. The van der Waals surface area contributed by atoms with Crippen LogP contribution in [-0.2, 0) is 52.5 Å². The van der Waals surface area contributed by atoms with Crippen molar-refractivity contribution in [3.8, 4) is 0 Å². The summed E-state index contributed by atoms with van der Waals surface area (Å²) in [6.45, 7) is 13.1. The summed E-state index contributed by atoms with van der Waals surface area (Å²) in [5.41, 5.74) is 19.5. The molecule has 0 aromatic heterocycles. The number of ether oxygens (including phenoxy) is 4. The number of nitrogens with one attached hydrogen (secondary N) is 1. The maximum atomic E-state index is 13.3. The maximum absolute atomic E-state index is 13.3. The molecule has 1 heterocycles. The third-order valence-electron chi connectivity index (χ3n) is 9.86. The molecule has 0 radical (unpaired) electrons. The SMILES string of the molecule is CC(=O)O.CC1(C)CC(=O)CC(=O)C1.CCOC(=O)/C(=C\c1ccccc1Cl)C(=O)COCCN=[N+]=[N-].CCOC(=O)C1=C(COCCN=[N+]=[N-])NC2=C(C(=O)CC(C)(C)C2)C1c1ccccc1Cl.N. The van der Waals surface area contributed by atoms with Crippen LogP contribution in [0.1, 0.15) is 97.6 Å². The van der Waals surface area contributed by atoms with Crippen molar-refractivity contribution in [3.05, 3.63) is 119 Å². The van der Waals surface area contributed by atoms with Crippen molar-refractivity contribution < 1.29 is 57.6 Å². The van der Waals surface area contributed by atoms with Gasteiger partial charge >= 0.3 is 11.9 Å². The van der Waals surface area contributed by atoms with Crippen molar-refractivity contribution in [3.63, 3.8) is 0 Å². The van der Waals surface area contributed by atoms with Gasteiger partial charge in [0.2, 0.25) is 0 Å². The molecule has 0 spiro atoms. The molecule has 5 N–H and O–H groups in total. The number of aliphatic carboxylic acids is 1. The van der Waals surface area contributed by atoms with Crippen LogP contribution < -0.4 is 11.5 Å². The van der Waals surface area contributed by atoms with E-state index in [2.05, 4.69) is 25.4 Å². The summed E-state index contributed by atoms with van der Waals surface area (Å²) in [5.74, 6) is -3.11. The van der Waals surface area contributed by atoms with Crippen LogP contribution in [0.15, 0.2) is 86.9 Å². The fraction of sp³-hybridized carbons (Fsp3) is 0.479. The number of carboxylic acids is 1. The molecular weight excluding hydrogens is 951 g/mol. The Morgan fingerprint density at radius 2 is 1.34 bits per heavy atom. The number of hydrogen-bond donors (Lipinski definition) is 3. The number of ketones is 4. The number of hydrogen-bond acceptors (Lipinski definition) is 15. The van der Waals surface area contributed by atoms with Gasteiger partial charge < -0.3 is 35.5 Å². The number of carboxylic acid groups (broad SMARTS) is 1. The Kier molecular flexibility index (Phi) is 27.3. The van der Waals surface area contributed by atoms with Gasteiger partial charge in [-0.1, -0.05) is 97.5 Å². The molecular formula is C48H62Cl2N8O12. The van der Waals surface area contributed by atoms with Crippen LogP contribution in [0.25, 0.3) is 27.0 Å². The zero-order chi connectivity index (χ0) is 51.7. The van der Waals surface area contributed by atoms with E-state index in [1.54, 1.807) is 44.2 Å². The van der Waals surface area contributed by atoms with E-state index in [4.69, 9.17) is 63.1 Å². The van der Waals surface area contributed by atoms with Crippen molar-refractivity contribution in [2.75, 3.05) is 52.7 Å². The van der Waals surface area contributed by atoms with Gasteiger partial charge in [-0.25, -0.2) is 9.59 Å². The number of carbonyl (C=O) groups excluding carboxylic acids is 6. The molecule has 2 aliphatic carbocycles. The summed E-state index contributed by atoms with van der Waals surface area (Å²) >= 11 is 12.6. The second-order valence-corrected chi connectivity index (χ2v) is 17.9. The van der Waals surface area contributed by atoms with Crippen molar-refractivity contribution in [1.82, 2.24) is 11.5 Å². The number of halogens is 2. The van der Waals surface area contributed by atoms with Gasteiger partial charge in [-0.15, -0.1) is 0 Å². The number of rotatable bonds is 17. The monoisotopic (exact) mass is 1010 g/mol. The molecule has 1 saturated carbocycles. The first-order chi connectivity index (χ1) is 32.6. The fourth-order valence-electron chi connectivity index (χ4n) is 7.33. The number of carbonyl (C=O) groups is 7. The largest absolute Gasteiger partial charge is 0.481 e. The minimum absolute atomic E-state index is 0. The maximum Gasteiger partial charge on any atom is 0.341 e. The lowest BCUT2D eigenvalue weighted by Crippen LogP contribution is -2.40. The first-order valence-corrected chi connectivity index (χ1v) is 22.6. The van der Waals surface area contributed by atoms with E-state index in [1.807, 2.05) is 45.9 Å². The average molecular weight is 1010 g/mol. The zero-order valence-electron chi connectivity index (χ0n) is 40.6. The summed E-state index contributed by atoms with van der Waals surface area (Å²) in [5, 5.41) is 18.3. The molecule has 1 unspecified atom stereocenters. The quantitative estimate of drug-likeness (QED) is 0.0194. The third kappa shape index (κ3) is 21.1. The van der Waals surface area contributed by atoms with Crippen molar-refractivity contribution >= 4 is 70.3 Å². The first-order valence-electron chi connectivity index (χ1n) is 21.9. The number of dihydropyridines is 1. The Morgan fingerprint density at radius 1 is 0.814 bits per heavy atom. The Labute approximate surface area is 416 Å². The van der Waals surface area contributed by atoms with Crippen LogP contribution >= 0.6 is 23.2 Å². The highest BCUT2D eigenvalue weighted by Crippen LogP contribution is 2.48. The van der Waals surface area contributed by atoms with Crippen LogP contribution in [0.4, 0.5) is 0 Å². The van der Waals surface area contributed by atoms with Crippen molar-refractivity contribution in [2.24, 2.45) is 21.1 Å². The highest BCUT2D eigenvalue weighted by molar-refractivity contribution is 6.33. The molecule has 70 heavy (non-hydrogen) atoms. The van der Waals surface area contributed by atoms with E-state index in [0.29, 0.717) is 63.7 Å². The molecule has 2 aromatic rings. The summed E-state index contributed by atoms with van der Waals surface area (Å²) in [6.07, 6.45) is 3.70. The topological polar surface area (TPSA) is 321 Å². The lowest BCUT2D eigenvalue weighted by molar-refractivity contribution is -0.141. The second kappa shape index (κ2) is 31.0. The normalized spacial score (nSPS) is 16.5. The molecule has 0 saturated heterocycles. The lowest BCUT2D eigenvalue weighted by Gasteiger charge is -2.40. The first kappa shape index (κ1) is 61.6. The smallest absolute Gasteiger partial charge is 0.341 e. The number of allylic oxidation sites excluding steroid dienone is 2. The lowest BCUT2D eigenvalue weighted by atomic mass is 9.68. The van der Waals surface area contributed by atoms with Gasteiger partial charge in [0, 0.05) is 76.3 Å². The molecule has 380 valence electrons. The van der Waals surface area contributed by atoms with Crippen LogP contribution in [0.2, 0.25) is 10.0 Å². The Balaban J connectivity index is 0.000000559. The van der Waals surface area contributed by atoms with Crippen LogP contribution in [-0.4, -0.2) is 98.9 Å². The third-order valence-corrected chi connectivity index (χ3v) is 10.5. The molecule has 3 aliphatic rings. The van der Waals surface area contributed by atoms with E-state index in [1.165, 1.54) is 6.08 Å². The average Bonchev–Trinajstić information content (AvgIpc) is 3.24. The standard InChI is InChI=1S/C23H27ClN4O4.C15H16ClN3O4.C8H12O2.C2H4O2.H3N/c1-4-32-22(30)21-17(13-31-10-9-26-28-25)27-16-11-23(2,3)12-18(29)20(16)19(21)14-7-5-6-8-15(14)24;1-2-23-15(21)12(9-11-5-3-4-6-13(11)16)14(20)10-22-8-7-18-19-17;1-8(2)4-6(9)3-7(10)5-8;1-2(3)4;/h5-8,19,27H,4,9-13H2,1-3H3;3-6,9H,2,7-8,10H2,1H3;3-5H2,1-2H3;1H3,(H,3,4);1H3/b;12-9-;;;. The van der Waals surface area contributed by atoms with Gasteiger partial charge in [-0.05, 0) is 71.5 Å². The summed E-state index contributed by atoms with van der Waals surface area (Å²) in [6, 6.07) is 14.0. The number of esters is 2. The van der Waals surface area contributed by atoms with E-state index >= 15 is 0 Å². The highest BCUT2D eigenvalue weighted by Gasteiger charge is 2.44. The van der Waals surface area contributed by atoms with E-state index in [9.17, 15) is 28.8 Å². The molecule has 1 fully saturated rings. The second-order valence-electron chi connectivity index (χ2n) is 17.1. The molecule has 1 aliphatic heterocycles. The number of benzene rings is 2. The highest BCUT2D eigenvalue weighted by atomic mass is 35.5. The minimum atomic E-state index is -0.833. The molecule has 22 heteroatoms. The number of Topliss-reactive ketones (excluding diaryl/α,β-unsaturated/α-hetero) is 4. The molecule has 0 bridgehead atoms. The van der Waals surface area contributed by atoms with Gasteiger partial charge in [-0.3, -0.25) is 24.0 Å². The molecule has 1 atom stereocenters. The minimum Gasteiger partial charge on any atom is -0.481 e. The van der Waals surface area contributed by atoms with Crippen molar-refractivity contribution in [2.45, 2.75) is 86.5 Å². The van der Waals surface area contributed by atoms with E-state index < -0.39 is 29.6 Å². The fourth-order valence-corrected chi connectivity index (χ4v) is 7.77. The van der Waals surface area contributed by atoms with E-state index in [-0.39, 0.29) is 99.1 Å². The molecule has 0 amide bonds. The summed E-state index contributed by atoms with van der Waals surface area (Å²) in [4.78, 5) is 86.6. The van der Waals surface area contributed by atoms with E-state index in [0.717, 1.165) is 12.6 Å². The number of nitrogens with zero attached hydrogens (tertiary/aromatic N) is 6. The summed E-state index contributed by atoms with van der Waals surface area (Å²) < 4.78 is 21.0. The number of azide groups is 2. The zero-order valence-corrected chi connectivity index (χ0v) is 42.1. The Bertz CT molecular complexity index is 2380. The summed E-state index contributed by atoms with van der Waals surface area (Å²) in [7, 11) is 0. The van der Waals surface area contributed by atoms with Gasteiger partial charge in [0.25, 0.3) is 5.97 Å². The van der Waals surface area contributed by atoms with Crippen molar-refractivity contribution in [1.29, 1.82) is 0 Å². The predicted molar refractivity (Wildman–Crippen MR) is 263 cm³/mol.